The summed E-state index contributed by atoms with van der Waals surface area (Å²) in [6.07, 6.45) is 0. The van der Waals surface area contributed by atoms with Crippen molar-refractivity contribution in [3.8, 4) is 67.4 Å². The van der Waals surface area contributed by atoms with Gasteiger partial charge in [-0.05, 0) is 51.2 Å². The molecule has 0 saturated carbocycles. The number of para-hydroxylation sites is 1. The van der Waals surface area contributed by atoms with Gasteiger partial charge >= 0.3 is 0 Å². The van der Waals surface area contributed by atoms with E-state index in [1.165, 1.54) is 27.1 Å². The molecule has 54 heavy (non-hydrogen) atoms. The summed E-state index contributed by atoms with van der Waals surface area (Å²) in [7, 11) is 0. The van der Waals surface area contributed by atoms with E-state index in [2.05, 4.69) is 176 Å². The first-order valence-corrected chi connectivity index (χ1v) is 18.3. The molecule has 0 aliphatic carbocycles. The zero-order valence-electron chi connectivity index (χ0n) is 29.4. The van der Waals surface area contributed by atoms with Crippen LogP contribution in [0.5, 0.6) is 0 Å². The average molecular weight is 688 g/mol. The third-order valence-electron chi connectivity index (χ3n) is 10.3. The van der Waals surface area contributed by atoms with E-state index in [1.807, 2.05) is 24.3 Å². The fourth-order valence-electron chi connectivity index (χ4n) is 7.55. The first-order valence-electron chi connectivity index (χ1n) is 18.3. The largest absolute Gasteiger partial charge is 0.247 e. The van der Waals surface area contributed by atoms with Crippen molar-refractivity contribution in [1.29, 1.82) is 0 Å². The van der Waals surface area contributed by atoms with Crippen molar-refractivity contribution in [2.24, 2.45) is 0 Å². The third-order valence-corrected chi connectivity index (χ3v) is 10.3. The van der Waals surface area contributed by atoms with Crippen molar-refractivity contribution in [3.63, 3.8) is 0 Å². The van der Waals surface area contributed by atoms with Gasteiger partial charge in [-0.3, -0.25) is 0 Å². The molecule has 10 aromatic rings. The number of nitrogens with zero attached hydrogens (tertiary/aromatic N) is 3. The van der Waals surface area contributed by atoms with Crippen molar-refractivity contribution >= 4 is 32.4 Å². The predicted octanol–water partition coefficient (Wildman–Crippen LogP) is 13.3. The van der Waals surface area contributed by atoms with E-state index in [4.69, 9.17) is 15.0 Å². The summed E-state index contributed by atoms with van der Waals surface area (Å²) in [5, 5.41) is 6.05. The second kappa shape index (κ2) is 13.4. The summed E-state index contributed by atoms with van der Waals surface area (Å²) >= 11 is 0. The molecule has 2 heterocycles. The van der Waals surface area contributed by atoms with Crippen LogP contribution < -0.4 is 0 Å². The van der Waals surface area contributed by atoms with E-state index in [0.29, 0.717) is 5.82 Å². The lowest BCUT2D eigenvalue weighted by atomic mass is 9.94. The molecule has 0 spiro atoms. The summed E-state index contributed by atoms with van der Waals surface area (Å²) in [5.41, 5.74) is 12.5. The SMILES string of the molecule is c1ccc(-c2ccc(-c3nc(-c4ccccc4)cc(-c4ccc(-c5cccc(-c6nc7ccccc7c7c6ccc6ccccc67)c5)cc4)n3)cc2)cc1. The third kappa shape index (κ3) is 5.78. The smallest absolute Gasteiger partial charge is 0.160 e. The molecule has 0 saturated heterocycles. The summed E-state index contributed by atoms with van der Waals surface area (Å²) in [6.45, 7) is 0. The molecule has 8 aromatic carbocycles. The first-order chi connectivity index (χ1) is 26.7. The summed E-state index contributed by atoms with van der Waals surface area (Å²) in [5.74, 6) is 0.700. The van der Waals surface area contributed by atoms with Gasteiger partial charge in [0.15, 0.2) is 5.82 Å². The van der Waals surface area contributed by atoms with Crippen LogP contribution in [-0.2, 0) is 0 Å². The summed E-state index contributed by atoms with van der Waals surface area (Å²) in [6, 6.07) is 70.3. The second-order valence-electron chi connectivity index (χ2n) is 13.6. The number of pyridine rings is 1. The molecule has 0 N–H and O–H groups in total. The molecular formula is C51H33N3. The number of benzene rings is 8. The van der Waals surface area contributed by atoms with E-state index in [0.717, 1.165) is 66.9 Å². The van der Waals surface area contributed by atoms with Gasteiger partial charge < -0.3 is 0 Å². The highest BCUT2D eigenvalue weighted by atomic mass is 14.9. The van der Waals surface area contributed by atoms with Crippen LogP contribution in [-0.4, -0.2) is 15.0 Å². The molecule has 3 nitrogen and oxygen atoms in total. The molecule has 0 fully saturated rings. The molecule has 0 radical (unpaired) electrons. The molecule has 0 bridgehead atoms. The number of hydrogen-bond donors (Lipinski definition) is 0. The molecule has 0 aliphatic rings. The monoisotopic (exact) mass is 687 g/mol. The standard InChI is InChI=1S/C51H33N3/c1-3-12-34(13-4-1)35-24-28-40(29-25-35)51-53-47(38-15-5-2-6-16-38)33-48(54-51)39-26-22-36(23-27-39)41-17-11-18-42(32-41)50-45-31-30-37-14-7-8-19-43(37)49(45)44-20-9-10-21-46(44)52-50/h1-33H. The summed E-state index contributed by atoms with van der Waals surface area (Å²) in [4.78, 5) is 15.4. The Morgan fingerprint density at radius 3 is 1.54 bits per heavy atom. The Bertz CT molecular complexity index is 2940. The fraction of sp³-hybridized carbons (Fsp3) is 0. The van der Waals surface area contributed by atoms with Gasteiger partial charge in [0, 0.05) is 38.4 Å². The quantitative estimate of drug-likeness (QED) is 0.163. The summed E-state index contributed by atoms with van der Waals surface area (Å²) < 4.78 is 0. The van der Waals surface area contributed by atoms with Crippen LogP contribution in [0.1, 0.15) is 0 Å². The topological polar surface area (TPSA) is 38.7 Å². The Labute approximate surface area is 313 Å². The number of aromatic nitrogens is 3. The van der Waals surface area contributed by atoms with Crippen LogP contribution >= 0.6 is 0 Å². The van der Waals surface area contributed by atoms with Crippen molar-refractivity contribution < 1.29 is 0 Å². The molecule has 0 aliphatic heterocycles. The Morgan fingerprint density at radius 2 is 0.796 bits per heavy atom. The zero-order chi connectivity index (χ0) is 35.8. The highest BCUT2D eigenvalue weighted by Gasteiger charge is 2.15. The van der Waals surface area contributed by atoms with E-state index < -0.39 is 0 Å². The lowest BCUT2D eigenvalue weighted by Gasteiger charge is -2.14. The number of hydrogen-bond acceptors (Lipinski definition) is 3. The maximum absolute atomic E-state index is 5.24. The molecular weight excluding hydrogens is 655 g/mol. The zero-order valence-corrected chi connectivity index (χ0v) is 29.4. The van der Waals surface area contributed by atoms with Crippen LogP contribution in [0.3, 0.4) is 0 Å². The molecule has 0 unspecified atom stereocenters. The van der Waals surface area contributed by atoms with Crippen LogP contribution in [0.15, 0.2) is 200 Å². The number of fused-ring (bicyclic) bond motifs is 5. The number of rotatable bonds is 6. The Hall–Kier alpha value is -7.23. The van der Waals surface area contributed by atoms with Gasteiger partial charge in [-0.1, -0.05) is 182 Å². The molecule has 0 atom stereocenters. The molecule has 0 amide bonds. The molecule has 10 rings (SSSR count). The minimum atomic E-state index is 0.700. The van der Waals surface area contributed by atoms with Gasteiger partial charge in [-0.2, -0.15) is 0 Å². The van der Waals surface area contributed by atoms with E-state index in [1.54, 1.807) is 0 Å². The minimum absolute atomic E-state index is 0.700. The maximum Gasteiger partial charge on any atom is 0.160 e. The van der Waals surface area contributed by atoms with Crippen molar-refractivity contribution in [3.05, 3.63) is 200 Å². The van der Waals surface area contributed by atoms with Gasteiger partial charge in [-0.15, -0.1) is 0 Å². The van der Waals surface area contributed by atoms with E-state index in [-0.39, 0.29) is 0 Å². The van der Waals surface area contributed by atoms with Gasteiger partial charge in [-0.25, -0.2) is 15.0 Å². The van der Waals surface area contributed by atoms with E-state index >= 15 is 0 Å². The molecule has 252 valence electrons. The second-order valence-corrected chi connectivity index (χ2v) is 13.6. The Morgan fingerprint density at radius 1 is 0.278 bits per heavy atom. The van der Waals surface area contributed by atoms with Gasteiger partial charge in [0.2, 0.25) is 0 Å². The lowest BCUT2D eigenvalue weighted by molar-refractivity contribution is 1.18. The van der Waals surface area contributed by atoms with E-state index in [9.17, 15) is 0 Å². The van der Waals surface area contributed by atoms with Crippen molar-refractivity contribution in [2.45, 2.75) is 0 Å². The maximum atomic E-state index is 5.24. The van der Waals surface area contributed by atoms with Crippen LogP contribution in [0.2, 0.25) is 0 Å². The van der Waals surface area contributed by atoms with Crippen LogP contribution in [0.25, 0.3) is 99.9 Å². The minimum Gasteiger partial charge on any atom is -0.247 e. The molecule has 2 aromatic heterocycles. The van der Waals surface area contributed by atoms with Gasteiger partial charge in [0.1, 0.15) is 0 Å². The Kier molecular flexibility index (Phi) is 7.81. The first kappa shape index (κ1) is 31.5. The average Bonchev–Trinajstić information content (AvgIpc) is 3.26. The van der Waals surface area contributed by atoms with Crippen LogP contribution in [0.4, 0.5) is 0 Å². The van der Waals surface area contributed by atoms with Gasteiger partial charge in [0.05, 0.1) is 22.6 Å². The van der Waals surface area contributed by atoms with Crippen molar-refractivity contribution in [2.75, 3.05) is 0 Å². The highest BCUT2D eigenvalue weighted by molar-refractivity contribution is 6.22. The fourth-order valence-corrected chi connectivity index (χ4v) is 7.55. The Balaban J connectivity index is 1.03. The van der Waals surface area contributed by atoms with Crippen molar-refractivity contribution in [1.82, 2.24) is 15.0 Å². The van der Waals surface area contributed by atoms with Gasteiger partial charge in [0.25, 0.3) is 0 Å². The normalized spacial score (nSPS) is 11.3. The lowest BCUT2D eigenvalue weighted by Crippen LogP contribution is -1.96. The van der Waals surface area contributed by atoms with Crippen LogP contribution in [0, 0.1) is 0 Å². The molecule has 3 heteroatoms. The highest BCUT2D eigenvalue weighted by Crippen LogP contribution is 2.38. The predicted molar refractivity (Wildman–Crippen MR) is 225 cm³/mol.